The van der Waals surface area contributed by atoms with E-state index in [1.165, 1.54) is 30.1 Å². The highest BCUT2D eigenvalue weighted by Gasteiger charge is 2.33. The standard InChI is InChI=1S/C19H17F3N4/c20-19(21,22)15-8-4-5-9-16(15)26-18-12-17(24-13-25-18)23-11-10-14-6-2-1-3-7-14/h1-9,12-13H,10-11H2,(H2,23,24,25,26). The van der Waals surface area contributed by atoms with E-state index in [9.17, 15) is 13.2 Å². The largest absolute Gasteiger partial charge is 0.418 e. The van der Waals surface area contributed by atoms with Gasteiger partial charge in [-0.25, -0.2) is 9.97 Å². The van der Waals surface area contributed by atoms with E-state index in [1.807, 2.05) is 30.3 Å². The molecule has 1 aromatic heterocycles. The van der Waals surface area contributed by atoms with Crippen molar-refractivity contribution >= 4 is 17.3 Å². The third kappa shape index (κ3) is 4.72. The zero-order chi connectivity index (χ0) is 18.4. The molecule has 0 unspecified atom stereocenters. The first-order chi connectivity index (χ1) is 12.5. The molecule has 7 heteroatoms. The quantitative estimate of drug-likeness (QED) is 0.658. The number of nitrogens with one attached hydrogen (secondary N) is 2. The van der Waals surface area contributed by atoms with E-state index in [0.717, 1.165) is 12.5 Å². The fourth-order valence-corrected chi connectivity index (χ4v) is 2.48. The Hall–Kier alpha value is -3.09. The highest BCUT2D eigenvalue weighted by atomic mass is 19.4. The molecular weight excluding hydrogens is 341 g/mol. The van der Waals surface area contributed by atoms with Crippen molar-refractivity contribution in [3.63, 3.8) is 0 Å². The van der Waals surface area contributed by atoms with E-state index in [-0.39, 0.29) is 5.69 Å². The first-order valence-electron chi connectivity index (χ1n) is 8.05. The molecule has 0 bridgehead atoms. The van der Waals surface area contributed by atoms with Crippen LogP contribution in [0.4, 0.5) is 30.5 Å². The van der Waals surface area contributed by atoms with E-state index < -0.39 is 11.7 Å². The number of benzene rings is 2. The van der Waals surface area contributed by atoms with Crippen molar-refractivity contribution in [3.05, 3.63) is 78.1 Å². The number of hydrogen-bond acceptors (Lipinski definition) is 4. The molecule has 2 aromatic carbocycles. The molecule has 26 heavy (non-hydrogen) atoms. The number of para-hydroxylation sites is 1. The molecule has 2 N–H and O–H groups in total. The first-order valence-corrected chi connectivity index (χ1v) is 8.05. The van der Waals surface area contributed by atoms with Gasteiger partial charge >= 0.3 is 6.18 Å². The van der Waals surface area contributed by atoms with Crippen LogP contribution >= 0.6 is 0 Å². The van der Waals surface area contributed by atoms with Gasteiger partial charge in [-0.3, -0.25) is 0 Å². The number of anilines is 3. The molecular formula is C19H17F3N4. The molecule has 0 spiro atoms. The van der Waals surface area contributed by atoms with Gasteiger partial charge in [-0.1, -0.05) is 42.5 Å². The number of halogens is 3. The van der Waals surface area contributed by atoms with Crippen LogP contribution in [0, 0.1) is 0 Å². The molecule has 0 saturated heterocycles. The second kappa shape index (κ2) is 7.86. The van der Waals surface area contributed by atoms with Gasteiger partial charge in [0, 0.05) is 12.6 Å². The van der Waals surface area contributed by atoms with Crippen molar-refractivity contribution in [2.24, 2.45) is 0 Å². The van der Waals surface area contributed by atoms with E-state index in [2.05, 4.69) is 20.6 Å². The monoisotopic (exact) mass is 358 g/mol. The molecule has 0 aliphatic rings. The lowest BCUT2D eigenvalue weighted by Crippen LogP contribution is -2.10. The van der Waals surface area contributed by atoms with Gasteiger partial charge in [-0.15, -0.1) is 0 Å². The van der Waals surface area contributed by atoms with Crippen LogP contribution in [0.15, 0.2) is 67.0 Å². The molecule has 1 heterocycles. The summed E-state index contributed by atoms with van der Waals surface area (Å²) in [6.07, 6.45) is -2.32. The Balaban J connectivity index is 1.67. The highest BCUT2D eigenvalue weighted by molar-refractivity contribution is 5.63. The van der Waals surface area contributed by atoms with E-state index >= 15 is 0 Å². The second-order valence-electron chi connectivity index (χ2n) is 5.62. The number of aromatic nitrogens is 2. The van der Waals surface area contributed by atoms with Crippen LogP contribution in [0.3, 0.4) is 0 Å². The van der Waals surface area contributed by atoms with Crippen LogP contribution in [0.1, 0.15) is 11.1 Å². The molecule has 4 nitrogen and oxygen atoms in total. The summed E-state index contributed by atoms with van der Waals surface area (Å²) in [5.41, 5.74) is 0.401. The van der Waals surface area contributed by atoms with Crippen LogP contribution in [-0.2, 0) is 12.6 Å². The van der Waals surface area contributed by atoms with Crippen LogP contribution in [0.2, 0.25) is 0 Å². The summed E-state index contributed by atoms with van der Waals surface area (Å²) in [6, 6.07) is 16.8. The molecule has 0 saturated carbocycles. The Morgan fingerprint density at radius 3 is 2.31 bits per heavy atom. The van der Waals surface area contributed by atoms with Crippen LogP contribution in [0.25, 0.3) is 0 Å². The Bertz CT molecular complexity index is 851. The summed E-state index contributed by atoms with van der Waals surface area (Å²) >= 11 is 0. The van der Waals surface area contributed by atoms with Gasteiger partial charge in [0.05, 0.1) is 11.3 Å². The van der Waals surface area contributed by atoms with Gasteiger partial charge in [0.1, 0.15) is 18.0 Å². The van der Waals surface area contributed by atoms with Crippen LogP contribution < -0.4 is 10.6 Å². The Labute approximate surface area is 149 Å². The molecule has 3 aromatic rings. The third-order valence-electron chi connectivity index (χ3n) is 3.72. The summed E-state index contributed by atoms with van der Waals surface area (Å²) in [4.78, 5) is 8.09. The summed E-state index contributed by atoms with van der Waals surface area (Å²) in [5.74, 6) is 0.835. The third-order valence-corrected chi connectivity index (χ3v) is 3.72. The van der Waals surface area contributed by atoms with Gasteiger partial charge in [0.25, 0.3) is 0 Å². The van der Waals surface area contributed by atoms with Gasteiger partial charge in [0.15, 0.2) is 0 Å². The highest BCUT2D eigenvalue weighted by Crippen LogP contribution is 2.35. The van der Waals surface area contributed by atoms with Gasteiger partial charge in [0.2, 0.25) is 0 Å². The maximum absolute atomic E-state index is 13.1. The molecule has 3 rings (SSSR count). The molecule has 0 amide bonds. The number of rotatable bonds is 6. The molecule has 134 valence electrons. The van der Waals surface area contributed by atoms with Gasteiger partial charge in [-0.05, 0) is 24.1 Å². The fraction of sp³-hybridized carbons (Fsp3) is 0.158. The number of hydrogen-bond donors (Lipinski definition) is 2. The van der Waals surface area contributed by atoms with Crippen molar-refractivity contribution < 1.29 is 13.2 Å². The van der Waals surface area contributed by atoms with E-state index in [4.69, 9.17) is 0 Å². The average molecular weight is 358 g/mol. The lowest BCUT2D eigenvalue weighted by Gasteiger charge is -2.14. The maximum atomic E-state index is 13.1. The normalized spacial score (nSPS) is 11.2. The number of alkyl halides is 3. The Morgan fingerprint density at radius 1 is 0.846 bits per heavy atom. The summed E-state index contributed by atoms with van der Waals surface area (Å²) in [7, 11) is 0. The Kier molecular flexibility index (Phi) is 5.36. The SMILES string of the molecule is FC(F)(F)c1ccccc1Nc1cc(NCCc2ccccc2)ncn1. The summed E-state index contributed by atoms with van der Waals surface area (Å²) in [5, 5.41) is 5.87. The molecule has 0 atom stereocenters. The van der Waals surface area contributed by atoms with Crippen LogP contribution in [0.5, 0.6) is 0 Å². The van der Waals surface area contributed by atoms with Crippen molar-refractivity contribution in [2.45, 2.75) is 12.6 Å². The van der Waals surface area contributed by atoms with E-state index in [0.29, 0.717) is 18.2 Å². The first kappa shape index (κ1) is 17.7. The molecule has 0 radical (unpaired) electrons. The average Bonchev–Trinajstić information content (AvgIpc) is 2.63. The minimum atomic E-state index is -4.44. The predicted octanol–water partition coefficient (Wildman–Crippen LogP) is 4.89. The topological polar surface area (TPSA) is 49.8 Å². The molecule has 0 fully saturated rings. The minimum Gasteiger partial charge on any atom is -0.370 e. The Morgan fingerprint density at radius 2 is 1.54 bits per heavy atom. The summed E-state index contributed by atoms with van der Waals surface area (Å²) < 4.78 is 39.2. The predicted molar refractivity (Wildman–Crippen MR) is 95.4 cm³/mol. The van der Waals surface area contributed by atoms with Crippen molar-refractivity contribution in [1.29, 1.82) is 0 Å². The maximum Gasteiger partial charge on any atom is 0.418 e. The second-order valence-corrected chi connectivity index (χ2v) is 5.62. The lowest BCUT2D eigenvalue weighted by atomic mass is 10.1. The van der Waals surface area contributed by atoms with Crippen LogP contribution in [-0.4, -0.2) is 16.5 Å². The van der Waals surface area contributed by atoms with Gasteiger partial charge in [-0.2, -0.15) is 13.2 Å². The molecule has 0 aliphatic carbocycles. The lowest BCUT2D eigenvalue weighted by molar-refractivity contribution is -0.136. The number of nitrogens with zero attached hydrogens (tertiary/aromatic N) is 2. The zero-order valence-electron chi connectivity index (χ0n) is 13.8. The zero-order valence-corrected chi connectivity index (χ0v) is 13.8. The molecule has 0 aliphatic heterocycles. The van der Waals surface area contributed by atoms with Crippen molar-refractivity contribution in [3.8, 4) is 0 Å². The van der Waals surface area contributed by atoms with Gasteiger partial charge < -0.3 is 10.6 Å². The minimum absolute atomic E-state index is 0.0473. The van der Waals surface area contributed by atoms with Crippen molar-refractivity contribution in [1.82, 2.24) is 9.97 Å². The van der Waals surface area contributed by atoms with Crippen molar-refractivity contribution in [2.75, 3.05) is 17.2 Å². The smallest absolute Gasteiger partial charge is 0.370 e. The van der Waals surface area contributed by atoms with E-state index in [1.54, 1.807) is 6.07 Å². The fourth-order valence-electron chi connectivity index (χ4n) is 2.48. The summed E-state index contributed by atoms with van der Waals surface area (Å²) in [6.45, 7) is 0.652.